The molecule has 2 fully saturated rings. The molecule has 0 spiro atoms. The maximum atomic E-state index is 6.97. The van der Waals surface area contributed by atoms with Crippen molar-refractivity contribution in [2.24, 2.45) is 23.7 Å². The van der Waals surface area contributed by atoms with Crippen molar-refractivity contribution in [3.05, 3.63) is 179 Å². The van der Waals surface area contributed by atoms with E-state index in [-0.39, 0.29) is 48.1 Å². The lowest BCUT2D eigenvalue weighted by molar-refractivity contribution is -0.245. The molecule has 0 heterocycles. The summed E-state index contributed by atoms with van der Waals surface area (Å²) in [4.78, 5) is 0. The number of rotatable bonds is 32. The second-order valence-electron chi connectivity index (χ2n) is 21.5. The fourth-order valence-corrected chi connectivity index (χ4v) is 11.0. The largest absolute Gasteiger partial charge is 0.497 e. The van der Waals surface area contributed by atoms with Crippen molar-refractivity contribution in [2.75, 3.05) is 69.1 Å². The number of methoxy groups -OCH3 is 6. The molecule has 448 valence electrons. The van der Waals surface area contributed by atoms with E-state index in [0.717, 1.165) is 67.9 Å². The number of hydrogen-bond donors (Lipinski definition) is 0. The molecule has 0 radical (unpaired) electrons. The molecule has 2 saturated carbocycles. The maximum Gasteiger partial charge on any atom is 0.118 e. The Labute approximate surface area is 491 Å². The first-order chi connectivity index (χ1) is 40.5. The summed E-state index contributed by atoms with van der Waals surface area (Å²) in [5, 5.41) is 0. The lowest BCUT2D eigenvalue weighted by atomic mass is 9.73. The van der Waals surface area contributed by atoms with E-state index in [4.69, 9.17) is 71.1 Å². The molecule has 83 heavy (non-hydrogen) atoms. The first-order valence-corrected chi connectivity index (χ1v) is 28.8. The van der Waals surface area contributed by atoms with Crippen molar-refractivity contribution in [3.8, 4) is 34.5 Å². The Morgan fingerprint density at radius 2 is 0.386 bits per heavy atom. The Kier molecular flexibility index (Phi) is 24.3. The fraction of sp³-hybridized carbons (Fsp3) is 0.471. The lowest BCUT2D eigenvalue weighted by Gasteiger charge is -2.49. The predicted molar refractivity (Wildman–Crippen MR) is 316 cm³/mol. The summed E-state index contributed by atoms with van der Waals surface area (Å²) in [5.74, 6) is 4.72. The van der Waals surface area contributed by atoms with Gasteiger partial charge in [0.15, 0.2) is 0 Å². The van der Waals surface area contributed by atoms with Crippen LogP contribution in [0.3, 0.4) is 0 Å². The van der Waals surface area contributed by atoms with E-state index in [1.165, 1.54) is 0 Å². The summed E-state index contributed by atoms with van der Waals surface area (Å²) in [7, 11) is 9.97. The third-order valence-electron chi connectivity index (χ3n) is 16.4. The molecule has 8 rings (SSSR count). The highest BCUT2D eigenvalue weighted by Gasteiger charge is 2.52. The van der Waals surface area contributed by atoms with E-state index in [0.29, 0.717) is 66.1 Å². The average molecular weight is 1140 g/mol. The molecule has 12 atom stereocenters. The first kappa shape index (κ1) is 62.8. The minimum atomic E-state index is -0.515. The summed E-state index contributed by atoms with van der Waals surface area (Å²) in [5.41, 5.74) is 6.02. The van der Waals surface area contributed by atoms with Crippen LogP contribution in [-0.4, -0.2) is 118 Å². The van der Waals surface area contributed by atoms with E-state index < -0.39 is 24.4 Å². The summed E-state index contributed by atoms with van der Waals surface area (Å²) < 4.78 is 94.5. The van der Waals surface area contributed by atoms with Gasteiger partial charge >= 0.3 is 0 Å². The van der Waals surface area contributed by atoms with Crippen LogP contribution in [0, 0.1) is 23.7 Å². The van der Waals surface area contributed by atoms with Crippen LogP contribution in [0.2, 0.25) is 0 Å². The minimum Gasteiger partial charge on any atom is -0.497 e. The minimum absolute atomic E-state index is 0.00873. The van der Waals surface area contributed by atoms with Crippen molar-refractivity contribution < 1.29 is 71.1 Å². The third kappa shape index (κ3) is 17.4. The Bertz CT molecular complexity index is 2570. The van der Waals surface area contributed by atoms with Gasteiger partial charge < -0.3 is 71.1 Å². The van der Waals surface area contributed by atoms with Crippen molar-refractivity contribution >= 4 is 0 Å². The van der Waals surface area contributed by atoms with Crippen molar-refractivity contribution in [2.45, 2.75) is 116 Å². The van der Waals surface area contributed by atoms with Crippen LogP contribution < -0.4 is 28.4 Å². The first-order valence-electron chi connectivity index (χ1n) is 28.8. The van der Waals surface area contributed by atoms with E-state index in [1.807, 2.05) is 146 Å². The summed E-state index contributed by atoms with van der Waals surface area (Å²) in [6, 6.07) is 47.5. The number of benzene rings is 6. The average Bonchev–Trinajstić information content (AvgIpc) is 3.73. The van der Waals surface area contributed by atoms with Gasteiger partial charge in [0, 0.05) is 0 Å². The Balaban J connectivity index is 0.969. The van der Waals surface area contributed by atoms with Gasteiger partial charge in [0.1, 0.15) is 58.9 Å². The zero-order valence-electron chi connectivity index (χ0n) is 50.0. The standard InChI is InChI=1S/C68H86O15/c1-45-47(3)63(78-39-49-11-23-55(69-5)24-12-49)67(82-43-53-19-31-59(73-9)32-20-53)65(80-41-51-15-27-57(71-7)28-16-51)61(45)76-37-35-75-36-38-77-62-46(2)48(4)64(79-40-50-13-25-56(70-6)26-14-50)68(83-44-54-21-33-60(74-10)34-22-54)66(62)81-42-52-17-29-58(72-8)30-18-52/h11-34,45-48,61-68H,35-44H2,1-10H3/t45-,46+,47-,48+,61+,62-,63-,64+,65-,66+,67-,68+. The normalized spacial score (nSPS) is 24.2. The van der Waals surface area contributed by atoms with Gasteiger partial charge in [-0.15, -0.1) is 0 Å². The molecular weight excluding hydrogens is 1060 g/mol. The number of hydrogen-bond acceptors (Lipinski definition) is 15. The zero-order valence-corrected chi connectivity index (χ0v) is 50.0. The van der Waals surface area contributed by atoms with Gasteiger partial charge in [0.25, 0.3) is 0 Å². The topological polar surface area (TPSA) is 138 Å². The molecule has 2 aliphatic rings. The van der Waals surface area contributed by atoms with Crippen LogP contribution in [0.15, 0.2) is 146 Å². The van der Waals surface area contributed by atoms with E-state index in [2.05, 4.69) is 27.7 Å². The second-order valence-corrected chi connectivity index (χ2v) is 21.5. The zero-order chi connectivity index (χ0) is 58.5. The van der Waals surface area contributed by atoms with Crippen LogP contribution in [0.25, 0.3) is 0 Å². The van der Waals surface area contributed by atoms with Gasteiger partial charge in [0.2, 0.25) is 0 Å². The smallest absolute Gasteiger partial charge is 0.118 e. The van der Waals surface area contributed by atoms with Crippen LogP contribution in [0.4, 0.5) is 0 Å². The molecule has 15 heteroatoms. The van der Waals surface area contributed by atoms with Gasteiger partial charge in [-0.2, -0.15) is 0 Å². The Morgan fingerprint density at radius 1 is 0.217 bits per heavy atom. The van der Waals surface area contributed by atoms with Crippen LogP contribution in [0.1, 0.15) is 61.1 Å². The molecule has 15 nitrogen and oxygen atoms in total. The van der Waals surface area contributed by atoms with Crippen molar-refractivity contribution in [1.29, 1.82) is 0 Å². The number of ether oxygens (including phenoxy) is 15. The predicted octanol–water partition coefficient (Wildman–Crippen LogP) is 11.9. The SMILES string of the molecule is COc1ccc(CO[C@@H]2[C@@H](OCc3ccc(OC)cc3)[C@@H](OCc3ccc(OC)cc3)[C@@H](C)[C@H](C)[C@H]2OCCOCCO[C@H]2[C@H](C)[C@@H](C)[C@@H](OCc3ccc(OC)cc3)[C@@H](OCc3ccc(OC)cc3)[C@@H]2OCc2ccc(OC)cc2)cc1. The van der Waals surface area contributed by atoms with Gasteiger partial charge in [-0.1, -0.05) is 100 Å². The van der Waals surface area contributed by atoms with Crippen LogP contribution in [0.5, 0.6) is 34.5 Å². The molecule has 6 aromatic carbocycles. The Hall–Kier alpha value is -6.24. The molecule has 6 aromatic rings. The van der Waals surface area contributed by atoms with E-state index in [9.17, 15) is 0 Å². The molecule has 0 bridgehead atoms. The summed E-state index contributed by atoms with van der Waals surface area (Å²) >= 11 is 0. The van der Waals surface area contributed by atoms with Crippen LogP contribution >= 0.6 is 0 Å². The summed E-state index contributed by atoms with van der Waals surface area (Å²) in [6.07, 6.45) is -3.45. The van der Waals surface area contributed by atoms with Crippen LogP contribution in [-0.2, 0) is 82.3 Å². The van der Waals surface area contributed by atoms with Gasteiger partial charge in [-0.3, -0.25) is 0 Å². The summed E-state index contributed by atoms with van der Waals surface area (Å²) in [6.45, 7) is 12.2. The monoisotopic (exact) mass is 1140 g/mol. The maximum absolute atomic E-state index is 6.97. The van der Waals surface area contributed by atoms with E-state index in [1.54, 1.807) is 42.7 Å². The molecule has 0 saturated heterocycles. The highest BCUT2D eigenvalue weighted by molar-refractivity contribution is 5.31. The highest BCUT2D eigenvalue weighted by atomic mass is 16.6. The van der Waals surface area contributed by atoms with Gasteiger partial charge in [-0.05, 0) is 130 Å². The molecule has 0 N–H and O–H groups in total. The molecule has 2 aliphatic carbocycles. The molecular formula is C68H86O15. The fourth-order valence-electron chi connectivity index (χ4n) is 11.0. The Morgan fingerprint density at radius 3 is 0.566 bits per heavy atom. The molecule has 0 amide bonds. The van der Waals surface area contributed by atoms with Gasteiger partial charge in [0.05, 0.1) is 133 Å². The third-order valence-corrected chi connectivity index (χ3v) is 16.4. The highest BCUT2D eigenvalue weighted by Crippen LogP contribution is 2.41. The molecule has 0 unspecified atom stereocenters. The van der Waals surface area contributed by atoms with Crippen molar-refractivity contribution in [3.63, 3.8) is 0 Å². The molecule has 0 aromatic heterocycles. The van der Waals surface area contributed by atoms with Crippen molar-refractivity contribution in [1.82, 2.24) is 0 Å². The van der Waals surface area contributed by atoms with E-state index >= 15 is 0 Å². The lowest BCUT2D eigenvalue weighted by Crippen LogP contribution is -2.60. The quantitative estimate of drug-likeness (QED) is 0.0370. The molecule has 0 aliphatic heterocycles. The second kappa shape index (κ2) is 32.2. The van der Waals surface area contributed by atoms with Gasteiger partial charge in [-0.25, -0.2) is 0 Å².